The number of benzene rings is 2. The third-order valence-electron chi connectivity index (χ3n) is 6.40. The number of fused-ring (bicyclic) bond motifs is 2. The van der Waals surface area contributed by atoms with Gasteiger partial charge < -0.3 is 15.8 Å². The maximum absolute atomic E-state index is 13.6. The normalized spacial score (nSPS) is 11.2. The molecule has 38 heavy (non-hydrogen) atoms. The fraction of sp³-hybridized carbons (Fsp3) is 0.0714. The van der Waals surface area contributed by atoms with Crippen LogP contribution in [0.4, 0.5) is 10.2 Å². The third-order valence-corrected chi connectivity index (χ3v) is 6.40. The lowest BCUT2D eigenvalue weighted by Gasteiger charge is -2.11. The quantitative estimate of drug-likeness (QED) is 0.303. The number of aromatic amines is 1. The van der Waals surface area contributed by atoms with E-state index >= 15 is 0 Å². The van der Waals surface area contributed by atoms with Crippen LogP contribution in [-0.2, 0) is 6.54 Å². The van der Waals surface area contributed by atoms with Crippen molar-refractivity contribution in [3.63, 3.8) is 0 Å². The summed E-state index contributed by atoms with van der Waals surface area (Å²) in [6, 6.07) is 17.2. The maximum Gasteiger partial charge on any atom is 0.255 e. The predicted molar refractivity (Wildman–Crippen MR) is 142 cm³/mol. The van der Waals surface area contributed by atoms with Crippen molar-refractivity contribution in [3.8, 4) is 28.3 Å². The zero-order valence-corrected chi connectivity index (χ0v) is 20.3. The lowest BCUT2D eigenvalue weighted by molar-refractivity contribution is 0.0947. The minimum Gasteiger partial charge on any atom is -0.496 e. The molecule has 0 aliphatic heterocycles. The number of carbonyl (C=O) groups excluding carboxylic acids is 1. The average molecular weight is 508 g/mol. The summed E-state index contributed by atoms with van der Waals surface area (Å²) in [6.07, 6.45) is 5.52. The van der Waals surface area contributed by atoms with Crippen LogP contribution in [0.25, 0.3) is 39.1 Å². The van der Waals surface area contributed by atoms with E-state index in [-0.39, 0.29) is 12.1 Å². The lowest BCUT2D eigenvalue weighted by atomic mass is 10.0. The van der Waals surface area contributed by atoms with Crippen molar-refractivity contribution in [1.82, 2.24) is 29.9 Å². The van der Waals surface area contributed by atoms with E-state index in [1.807, 2.05) is 53.1 Å². The minimum absolute atomic E-state index is 0.136. The second-order valence-corrected chi connectivity index (χ2v) is 8.68. The van der Waals surface area contributed by atoms with Crippen molar-refractivity contribution in [3.05, 3.63) is 96.2 Å². The molecule has 2 aromatic carbocycles. The fourth-order valence-corrected chi connectivity index (χ4v) is 4.51. The summed E-state index contributed by atoms with van der Waals surface area (Å²) >= 11 is 0. The maximum atomic E-state index is 13.6. The second kappa shape index (κ2) is 9.32. The zero-order valence-electron chi connectivity index (χ0n) is 20.3. The van der Waals surface area contributed by atoms with Crippen LogP contribution in [0.2, 0.25) is 0 Å². The van der Waals surface area contributed by atoms with Gasteiger partial charge in [0.15, 0.2) is 5.82 Å². The van der Waals surface area contributed by atoms with Gasteiger partial charge in [0.2, 0.25) is 0 Å². The molecule has 0 aliphatic carbocycles. The molecule has 0 unspecified atom stereocenters. The van der Waals surface area contributed by atoms with E-state index in [2.05, 4.69) is 20.5 Å². The number of ether oxygens (including phenoxy) is 1. The molecule has 0 saturated carbocycles. The molecule has 4 N–H and O–H groups in total. The van der Waals surface area contributed by atoms with Gasteiger partial charge in [0.1, 0.15) is 17.2 Å². The first-order chi connectivity index (χ1) is 18.5. The number of hydrogen-bond donors (Lipinski definition) is 3. The number of hydrogen-bond acceptors (Lipinski definition) is 6. The van der Waals surface area contributed by atoms with Gasteiger partial charge in [-0.2, -0.15) is 5.10 Å². The monoisotopic (exact) mass is 507 g/mol. The molecule has 9 nitrogen and oxygen atoms in total. The highest BCUT2D eigenvalue weighted by atomic mass is 19.1. The number of anilines is 1. The number of rotatable bonds is 6. The molecular formula is C28H22FN7O2. The molecule has 10 heteroatoms. The Kier molecular flexibility index (Phi) is 5.68. The Morgan fingerprint density at radius 2 is 1.95 bits per heavy atom. The van der Waals surface area contributed by atoms with E-state index in [0.717, 1.165) is 39.6 Å². The van der Waals surface area contributed by atoms with Crippen molar-refractivity contribution in [2.24, 2.45) is 0 Å². The first-order valence-electron chi connectivity index (χ1n) is 11.8. The van der Waals surface area contributed by atoms with Crippen molar-refractivity contribution in [2.45, 2.75) is 6.54 Å². The summed E-state index contributed by atoms with van der Waals surface area (Å²) in [5, 5.41) is 10.8. The van der Waals surface area contributed by atoms with Crippen LogP contribution in [0, 0.1) is 5.82 Å². The van der Waals surface area contributed by atoms with Gasteiger partial charge in [0.05, 0.1) is 41.2 Å². The third kappa shape index (κ3) is 3.97. The van der Waals surface area contributed by atoms with Crippen molar-refractivity contribution >= 4 is 28.3 Å². The molecule has 0 spiro atoms. The largest absolute Gasteiger partial charge is 0.496 e. The molecule has 0 saturated heterocycles. The number of nitrogen functional groups attached to an aromatic ring is 1. The van der Waals surface area contributed by atoms with Gasteiger partial charge in [0.25, 0.3) is 5.91 Å². The van der Waals surface area contributed by atoms with Crippen LogP contribution >= 0.6 is 0 Å². The Balaban J connectivity index is 1.28. The van der Waals surface area contributed by atoms with Gasteiger partial charge in [-0.05, 0) is 35.9 Å². The highest BCUT2D eigenvalue weighted by Crippen LogP contribution is 2.35. The van der Waals surface area contributed by atoms with Crippen LogP contribution in [0.5, 0.6) is 5.75 Å². The first kappa shape index (κ1) is 23.2. The zero-order chi connectivity index (χ0) is 26.2. The second-order valence-electron chi connectivity index (χ2n) is 8.68. The number of halogens is 1. The number of nitrogens with zero attached hydrogens (tertiary/aromatic N) is 4. The van der Waals surface area contributed by atoms with Crippen LogP contribution in [0.15, 0.2) is 79.3 Å². The molecule has 4 aromatic heterocycles. The Labute approximate surface area is 216 Å². The van der Waals surface area contributed by atoms with E-state index in [1.54, 1.807) is 12.4 Å². The SMILES string of the molecule is COc1ccc(F)cc1C(=O)NCc1ccc(-c2ncc(-c3cnc4ccccn34)c3[nH]nc(N)c23)cc1. The van der Waals surface area contributed by atoms with Gasteiger partial charge in [-0.1, -0.05) is 30.3 Å². The Morgan fingerprint density at radius 3 is 2.76 bits per heavy atom. The number of methoxy groups -OCH3 is 1. The number of imidazole rings is 1. The average Bonchev–Trinajstić information content (AvgIpc) is 3.56. The molecule has 0 aliphatic rings. The van der Waals surface area contributed by atoms with Gasteiger partial charge >= 0.3 is 0 Å². The predicted octanol–water partition coefficient (Wildman–Crippen LogP) is 4.60. The summed E-state index contributed by atoms with van der Waals surface area (Å²) in [7, 11) is 1.44. The van der Waals surface area contributed by atoms with Crippen LogP contribution in [-0.4, -0.2) is 37.6 Å². The van der Waals surface area contributed by atoms with E-state index in [1.165, 1.54) is 19.2 Å². The smallest absolute Gasteiger partial charge is 0.255 e. The molecule has 188 valence electrons. The molecule has 0 atom stereocenters. The van der Waals surface area contributed by atoms with Crippen molar-refractivity contribution in [2.75, 3.05) is 12.8 Å². The molecule has 4 heterocycles. The van der Waals surface area contributed by atoms with Crippen LogP contribution in [0.1, 0.15) is 15.9 Å². The van der Waals surface area contributed by atoms with Crippen molar-refractivity contribution in [1.29, 1.82) is 0 Å². The fourth-order valence-electron chi connectivity index (χ4n) is 4.51. The van der Waals surface area contributed by atoms with Crippen LogP contribution < -0.4 is 15.8 Å². The molecule has 0 fully saturated rings. The lowest BCUT2D eigenvalue weighted by Crippen LogP contribution is -2.23. The summed E-state index contributed by atoms with van der Waals surface area (Å²) in [6.45, 7) is 0.253. The summed E-state index contributed by atoms with van der Waals surface area (Å²) in [4.78, 5) is 21.8. The number of amides is 1. The topological polar surface area (TPSA) is 123 Å². The number of carbonyl (C=O) groups is 1. The minimum atomic E-state index is -0.509. The summed E-state index contributed by atoms with van der Waals surface area (Å²) < 4.78 is 20.8. The van der Waals surface area contributed by atoms with Gasteiger partial charge in [-0.15, -0.1) is 0 Å². The number of pyridine rings is 2. The number of aromatic nitrogens is 5. The Morgan fingerprint density at radius 1 is 1.11 bits per heavy atom. The summed E-state index contributed by atoms with van der Waals surface area (Å²) in [5.41, 5.74) is 12.1. The molecule has 0 radical (unpaired) electrons. The Bertz CT molecular complexity index is 1810. The first-order valence-corrected chi connectivity index (χ1v) is 11.8. The van der Waals surface area contributed by atoms with Gasteiger partial charge in [0, 0.05) is 30.1 Å². The van der Waals surface area contributed by atoms with Gasteiger partial charge in [-0.25, -0.2) is 9.37 Å². The number of H-pyrrole nitrogens is 1. The molecule has 6 rings (SSSR count). The van der Waals surface area contributed by atoms with Crippen LogP contribution in [0.3, 0.4) is 0 Å². The highest BCUT2D eigenvalue weighted by molar-refractivity contribution is 6.06. The van der Waals surface area contributed by atoms with E-state index < -0.39 is 11.7 Å². The Hall–Kier alpha value is -5.25. The molecule has 6 aromatic rings. The summed E-state index contributed by atoms with van der Waals surface area (Å²) in [5.74, 6) is -0.286. The number of nitrogens with two attached hydrogens (primary N) is 1. The van der Waals surface area contributed by atoms with Gasteiger partial charge in [-0.3, -0.25) is 19.3 Å². The van der Waals surface area contributed by atoms with E-state index in [0.29, 0.717) is 22.6 Å². The van der Waals surface area contributed by atoms with E-state index in [9.17, 15) is 9.18 Å². The van der Waals surface area contributed by atoms with E-state index in [4.69, 9.17) is 15.5 Å². The standard InChI is InChI=1S/C28H22FN7O2/c1-38-22-10-9-18(29)12-19(22)28(37)33-13-16-5-7-17(8-6-16)25-24-26(34-35-27(24)30)20(14-32-25)21-15-31-23-4-2-3-11-36(21)23/h2-12,14-15H,13H2,1H3,(H,33,37)(H3,30,34,35). The molecule has 1 amide bonds. The number of nitrogens with one attached hydrogen (secondary N) is 2. The molecular weight excluding hydrogens is 485 g/mol. The highest BCUT2D eigenvalue weighted by Gasteiger charge is 2.18. The molecule has 0 bridgehead atoms. The van der Waals surface area contributed by atoms with Crippen molar-refractivity contribution < 1.29 is 13.9 Å².